The predicted molar refractivity (Wildman–Crippen MR) is 49.9 cm³/mol. The molecule has 1 rings (SSSR count). The monoisotopic (exact) mass is 197 g/mol. The van der Waals surface area contributed by atoms with Crippen molar-refractivity contribution in [2.24, 2.45) is 5.73 Å². The summed E-state index contributed by atoms with van der Waals surface area (Å²) >= 11 is 0. The molecule has 1 unspecified atom stereocenters. The number of nitrogens with two attached hydrogens (primary N) is 1. The van der Waals surface area contributed by atoms with Gasteiger partial charge in [-0.2, -0.15) is 0 Å². The molecule has 0 spiro atoms. The number of benzene rings is 1. The van der Waals surface area contributed by atoms with Crippen molar-refractivity contribution in [2.75, 3.05) is 0 Å². The van der Waals surface area contributed by atoms with Crippen LogP contribution in [-0.2, 0) is 11.2 Å². The standard InChI is InChI=1S/C10H12FNO2/c1-10(14,9(12)13)6-7-2-4-8(11)5-3-7/h2-5,14H,6H2,1H3,(H2,12,13). The Hall–Kier alpha value is -1.42. The third-order valence-corrected chi connectivity index (χ3v) is 1.99. The van der Waals surface area contributed by atoms with Gasteiger partial charge in [-0.3, -0.25) is 4.79 Å². The van der Waals surface area contributed by atoms with E-state index in [0.717, 1.165) is 0 Å². The summed E-state index contributed by atoms with van der Waals surface area (Å²) in [6.07, 6.45) is 0.0859. The Balaban J connectivity index is 2.79. The molecule has 0 bridgehead atoms. The summed E-state index contributed by atoms with van der Waals surface area (Å²) in [5, 5.41) is 9.55. The molecule has 0 fully saturated rings. The lowest BCUT2D eigenvalue weighted by Crippen LogP contribution is -2.42. The number of primary amides is 1. The molecule has 1 amide bonds. The van der Waals surface area contributed by atoms with E-state index in [-0.39, 0.29) is 12.2 Å². The van der Waals surface area contributed by atoms with Crippen LogP contribution in [0.1, 0.15) is 12.5 Å². The van der Waals surface area contributed by atoms with Crippen molar-refractivity contribution in [3.8, 4) is 0 Å². The molecule has 3 nitrogen and oxygen atoms in total. The molecule has 0 radical (unpaired) electrons. The molecule has 4 heteroatoms. The highest BCUT2D eigenvalue weighted by molar-refractivity contribution is 5.82. The Kier molecular flexibility index (Phi) is 2.86. The van der Waals surface area contributed by atoms with E-state index in [1.807, 2.05) is 0 Å². The van der Waals surface area contributed by atoms with Gasteiger partial charge in [-0.25, -0.2) is 4.39 Å². The van der Waals surface area contributed by atoms with E-state index in [1.165, 1.54) is 31.2 Å². The molecule has 0 saturated carbocycles. The van der Waals surface area contributed by atoms with Crippen LogP contribution < -0.4 is 5.73 Å². The highest BCUT2D eigenvalue weighted by Crippen LogP contribution is 2.13. The molecule has 0 heterocycles. The summed E-state index contributed by atoms with van der Waals surface area (Å²) in [7, 11) is 0. The zero-order valence-electron chi connectivity index (χ0n) is 7.83. The van der Waals surface area contributed by atoms with Crippen molar-refractivity contribution in [1.82, 2.24) is 0 Å². The van der Waals surface area contributed by atoms with E-state index >= 15 is 0 Å². The summed E-state index contributed by atoms with van der Waals surface area (Å²) in [5.74, 6) is -1.14. The highest BCUT2D eigenvalue weighted by Gasteiger charge is 2.27. The number of hydrogen-bond donors (Lipinski definition) is 2. The lowest BCUT2D eigenvalue weighted by atomic mass is 9.96. The van der Waals surface area contributed by atoms with E-state index < -0.39 is 11.5 Å². The molecule has 1 aromatic carbocycles. The minimum atomic E-state index is -1.59. The van der Waals surface area contributed by atoms with Crippen LogP contribution in [0.5, 0.6) is 0 Å². The van der Waals surface area contributed by atoms with Crippen LogP contribution in [0.15, 0.2) is 24.3 Å². The van der Waals surface area contributed by atoms with Gasteiger partial charge in [0.05, 0.1) is 0 Å². The second-order valence-corrected chi connectivity index (χ2v) is 3.44. The first kappa shape index (κ1) is 10.7. The molecule has 14 heavy (non-hydrogen) atoms. The summed E-state index contributed by atoms with van der Waals surface area (Å²) in [4.78, 5) is 10.8. The average Bonchev–Trinajstić information content (AvgIpc) is 2.08. The second-order valence-electron chi connectivity index (χ2n) is 3.44. The van der Waals surface area contributed by atoms with Gasteiger partial charge < -0.3 is 10.8 Å². The van der Waals surface area contributed by atoms with Crippen molar-refractivity contribution in [1.29, 1.82) is 0 Å². The van der Waals surface area contributed by atoms with Crippen LogP contribution in [0.2, 0.25) is 0 Å². The van der Waals surface area contributed by atoms with E-state index in [0.29, 0.717) is 5.56 Å². The predicted octanol–water partition coefficient (Wildman–Crippen LogP) is 0.605. The van der Waals surface area contributed by atoms with Crippen LogP contribution in [0.3, 0.4) is 0 Å². The Bertz CT molecular complexity index is 332. The molecule has 0 aliphatic rings. The molecule has 1 atom stereocenters. The minimum absolute atomic E-state index is 0.0859. The maximum atomic E-state index is 12.5. The van der Waals surface area contributed by atoms with Crippen molar-refractivity contribution in [2.45, 2.75) is 18.9 Å². The van der Waals surface area contributed by atoms with E-state index in [2.05, 4.69) is 0 Å². The lowest BCUT2D eigenvalue weighted by molar-refractivity contribution is -0.134. The van der Waals surface area contributed by atoms with Crippen LogP contribution in [-0.4, -0.2) is 16.6 Å². The SMILES string of the molecule is CC(O)(Cc1ccc(F)cc1)C(N)=O. The van der Waals surface area contributed by atoms with Gasteiger partial charge in [-0.15, -0.1) is 0 Å². The average molecular weight is 197 g/mol. The van der Waals surface area contributed by atoms with Crippen LogP contribution >= 0.6 is 0 Å². The van der Waals surface area contributed by atoms with Gasteiger partial charge in [0.25, 0.3) is 0 Å². The number of amides is 1. The minimum Gasteiger partial charge on any atom is -0.380 e. The van der Waals surface area contributed by atoms with Gasteiger partial charge in [0.15, 0.2) is 0 Å². The normalized spacial score (nSPS) is 14.8. The van der Waals surface area contributed by atoms with Gasteiger partial charge in [0.2, 0.25) is 5.91 Å². The Labute approximate surface area is 81.4 Å². The fourth-order valence-corrected chi connectivity index (χ4v) is 1.09. The maximum Gasteiger partial charge on any atom is 0.249 e. The molecule has 0 aromatic heterocycles. The van der Waals surface area contributed by atoms with Crippen molar-refractivity contribution < 1.29 is 14.3 Å². The molecule has 1 aromatic rings. The quantitative estimate of drug-likeness (QED) is 0.745. The third kappa shape index (κ3) is 2.53. The Morgan fingerprint density at radius 3 is 2.43 bits per heavy atom. The topological polar surface area (TPSA) is 63.3 Å². The number of aliphatic hydroxyl groups is 1. The first-order valence-electron chi connectivity index (χ1n) is 4.18. The van der Waals surface area contributed by atoms with E-state index in [1.54, 1.807) is 0 Å². The molecule has 3 N–H and O–H groups in total. The zero-order valence-corrected chi connectivity index (χ0v) is 7.83. The summed E-state index contributed by atoms with van der Waals surface area (Å²) in [5.41, 5.74) is 4.06. The van der Waals surface area contributed by atoms with Crippen molar-refractivity contribution >= 4 is 5.91 Å². The van der Waals surface area contributed by atoms with Crippen LogP contribution in [0, 0.1) is 5.82 Å². The van der Waals surface area contributed by atoms with Crippen molar-refractivity contribution in [3.05, 3.63) is 35.6 Å². The third-order valence-electron chi connectivity index (χ3n) is 1.99. The number of hydrogen-bond acceptors (Lipinski definition) is 2. The second kappa shape index (κ2) is 3.75. The number of halogens is 1. The number of carbonyl (C=O) groups excluding carboxylic acids is 1. The van der Waals surface area contributed by atoms with Gasteiger partial charge in [-0.1, -0.05) is 12.1 Å². The molecular formula is C10H12FNO2. The fraction of sp³-hybridized carbons (Fsp3) is 0.300. The Morgan fingerprint density at radius 2 is 2.00 bits per heavy atom. The summed E-state index contributed by atoms with van der Waals surface area (Å²) in [6, 6.07) is 5.55. The number of carbonyl (C=O) groups is 1. The first-order chi connectivity index (χ1) is 6.42. The van der Waals surface area contributed by atoms with E-state index in [4.69, 9.17) is 5.73 Å². The van der Waals surface area contributed by atoms with Gasteiger partial charge in [0, 0.05) is 6.42 Å². The Morgan fingerprint density at radius 1 is 1.50 bits per heavy atom. The lowest BCUT2D eigenvalue weighted by Gasteiger charge is -2.18. The summed E-state index contributed by atoms with van der Waals surface area (Å²) < 4.78 is 12.5. The van der Waals surface area contributed by atoms with Gasteiger partial charge in [0.1, 0.15) is 11.4 Å². The molecule has 0 saturated heterocycles. The van der Waals surface area contributed by atoms with Crippen molar-refractivity contribution in [3.63, 3.8) is 0 Å². The fourth-order valence-electron chi connectivity index (χ4n) is 1.09. The van der Waals surface area contributed by atoms with Crippen LogP contribution in [0.25, 0.3) is 0 Å². The largest absolute Gasteiger partial charge is 0.380 e. The first-order valence-corrected chi connectivity index (χ1v) is 4.18. The maximum absolute atomic E-state index is 12.5. The van der Waals surface area contributed by atoms with E-state index in [9.17, 15) is 14.3 Å². The molecular weight excluding hydrogens is 185 g/mol. The number of rotatable bonds is 3. The molecule has 0 aliphatic heterocycles. The van der Waals surface area contributed by atoms with Gasteiger partial charge in [-0.05, 0) is 24.6 Å². The van der Waals surface area contributed by atoms with Gasteiger partial charge >= 0.3 is 0 Å². The zero-order chi connectivity index (χ0) is 10.8. The highest BCUT2D eigenvalue weighted by atomic mass is 19.1. The molecule has 76 valence electrons. The summed E-state index contributed by atoms with van der Waals surface area (Å²) in [6.45, 7) is 1.33. The smallest absolute Gasteiger partial charge is 0.249 e. The van der Waals surface area contributed by atoms with Crippen LogP contribution in [0.4, 0.5) is 4.39 Å². The molecule has 0 aliphatic carbocycles.